The molecule has 0 amide bonds. The summed E-state index contributed by atoms with van der Waals surface area (Å²) in [7, 11) is 0. The molecule has 0 atom stereocenters. The van der Waals surface area contributed by atoms with Crippen molar-refractivity contribution in [2.45, 2.75) is 105 Å². The zero-order chi connectivity index (χ0) is 32.9. The van der Waals surface area contributed by atoms with Crippen LogP contribution in [0.5, 0.6) is 0 Å². The van der Waals surface area contributed by atoms with Gasteiger partial charge in [-0.15, -0.1) is 0 Å². The highest BCUT2D eigenvalue weighted by Crippen LogP contribution is 2.34. The number of fused-ring (bicyclic) bond motifs is 2. The third-order valence-corrected chi connectivity index (χ3v) is 8.72. The molecule has 0 saturated carbocycles. The Kier molecular flexibility index (Phi) is 6.93. The summed E-state index contributed by atoms with van der Waals surface area (Å²) in [5.74, 6) is 0. The van der Waals surface area contributed by atoms with Crippen LogP contribution < -0.4 is 22.2 Å². The monoisotopic (exact) mass is 592 g/mol. The number of nitrogens with zero attached hydrogens (tertiary/aromatic N) is 2. The van der Waals surface area contributed by atoms with Crippen LogP contribution in [0.2, 0.25) is 0 Å². The summed E-state index contributed by atoms with van der Waals surface area (Å²) in [5, 5.41) is 0.545. The molecule has 0 radical (unpaired) electrons. The lowest BCUT2D eigenvalue weighted by Gasteiger charge is -2.26. The number of hydrogen-bond acceptors (Lipinski definition) is 4. The first kappa shape index (κ1) is 31.4. The van der Waals surface area contributed by atoms with Gasteiger partial charge in [0.25, 0.3) is 22.2 Å². The van der Waals surface area contributed by atoms with Gasteiger partial charge >= 0.3 is 0 Å². The second-order valence-electron chi connectivity index (χ2n) is 16.3. The molecule has 44 heavy (non-hydrogen) atoms. The molecule has 0 aliphatic carbocycles. The summed E-state index contributed by atoms with van der Waals surface area (Å²) < 4.78 is 2.43. The molecule has 6 nitrogen and oxygen atoms in total. The molecule has 0 aliphatic heterocycles. The van der Waals surface area contributed by atoms with Gasteiger partial charge in [0.05, 0.1) is 32.9 Å². The molecular formula is C38H44N2O4. The highest BCUT2D eigenvalue weighted by Gasteiger charge is 2.29. The first-order chi connectivity index (χ1) is 20.0. The highest BCUT2D eigenvalue weighted by atomic mass is 16.2. The van der Waals surface area contributed by atoms with Gasteiger partial charge in [-0.05, 0) is 68.2 Å². The fourth-order valence-corrected chi connectivity index (χ4v) is 6.05. The van der Waals surface area contributed by atoms with Crippen molar-refractivity contribution in [3.05, 3.63) is 112 Å². The van der Waals surface area contributed by atoms with Gasteiger partial charge in [0.2, 0.25) is 0 Å². The second kappa shape index (κ2) is 9.72. The van der Waals surface area contributed by atoms with E-state index in [1.165, 1.54) is 21.3 Å². The molecule has 6 heteroatoms. The quantitative estimate of drug-likeness (QED) is 0.219. The standard InChI is InChI=1S/C38H44N2O4/c1-35(2,3)21-13-15-27(37(7,8)9)29(17-21)39-31(41)23-19-25-26(20-24(23)32(39)42)34(44)40(33(25)43)30-18-22(36(4,5)6)14-16-28(30)38(10,11)12/h13-20H,1-12H3. The molecule has 0 N–H and O–H groups in total. The van der Waals surface area contributed by atoms with E-state index in [9.17, 15) is 19.2 Å². The molecule has 0 spiro atoms. The van der Waals surface area contributed by atoms with Crippen LogP contribution in [0.25, 0.3) is 32.9 Å². The van der Waals surface area contributed by atoms with E-state index in [4.69, 9.17) is 0 Å². The van der Waals surface area contributed by atoms with Gasteiger partial charge in [0.15, 0.2) is 0 Å². The van der Waals surface area contributed by atoms with E-state index in [1.807, 2.05) is 77.9 Å². The largest absolute Gasteiger partial charge is 0.268 e. The topological polar surface area (TPSA) is 78.1 Å². The van der Waals surface area contributed by atoms with Crippen molar-refractivity contribution in [2.75, 3.05) is 0 Å². The first-order valence-corrected chi connectivity index (χ1v) is 15.3. The van der Waals surface area contributed by atoms with E-state index < -0.39 is 22.2 Å². The Labute approximate surface area is 258 Å². The molecule has 2 aromatic heterocycles. The number of benzene rings is 3. The lowest BCUT2D eigenvalue weighted by atomic mass is 9.81. The first-order valence-electron chi connectivity index (χ1n) is 15.3. The van der Waals surface area contributed by atoms with Crippen molar-refractivity contribution >= 4 is 21.5 Å². The van der Waals surface area contributed by atoms with Gasteiger partial charge in [0.1, 0.15) is 0 Å². The molecule has 5 rings (SSSR count). The fourth-order valence-electron chi connectivity index (χ4n) is 6.05. The summed E-state index contributed by atoms with van der Waals surface area (Å²) in [6.07, 6.45) is 0. The molecular weight excluding hydrogens is 548 g/mol. The molecule has 0 saturated heterocycles. The van der Waals surface area contributed by atoms with Gasteiger partial charge in [-0.1, -0.05) is 107 Å². The summed E-state index contributed by atoms with van der Waals surface area (Å²) >= 11 is 0. The van der Waals surface area contributed by atoms with Crippen molar-refractivity contribution in [3.8, 4) is 11.4 Å². The van der Waals surface area contributed by atoms with Gasteiger partial charge in [-0.25, -0.2) is 9.13 Å². The van der Waals surface area contributed by atoms with Gasteiger partial charge in [-0.3, -0.25) is 19.2 Å². The van der Waals surface area contributed by atoms with Gasteiger partial charge in [-0.2, -0.15) is 0 Å². The average molecular weight is 593 g/mol. The Morgan fingerprint density at radius 2 is 0.659 bits per heavy atom. The van der Waals surface area contributed by atoms with Crippen LogP contribution in [0.4, 0.5) is 0 Å². The van der Waals surface area contributed by atoms with Crippen LogP contribution in [-0.2, 0) is 21.7 Å². The Balaban J connectivity index is 1.85. The molecule has 0 aliphatic rings. The molecule has 2 heterocycles. The van der Waals surface area contributed by atoms with Crippen molar-refractivity contribution in [2.24, 2.45) is 0 Å². The second-order valence-corrected chi connectivity index (χ2v) is 16.3. The minimum atomic E-state index is -0.492. The Morgan fingerprint density at radius 3 is 0.886 bits per heavy atom. The molecule has 230 valence electrons. The van der Waals surface area contributed by atoms with E-state index in [0.717, 1.165) is 22.3 Å². The number of hydrogen-bond donors (Lipinski definition) is 0. The van der Waals surface area contributed by atoms with Crippen LogP contribution in [-0.4, -0.2) is 9.13 Å². The minimum Gasteiger partial charge on any atom is -0.268 e. The molecule has 3 aromatic carbocycles. The van der Waals surface area contributed by atoms with Crippen LogP contribution in [0, 0.1) is 0 Å². The van der Waals surface area contributed by atoms with E-state index in [1.54, 1.807) is 0 Å². The van der Waals surface area contributed by atoms with Crippen molar-refractivity contribution in [1.82, 2.24) is 9.13 Å². The van der Waals surface area contributed by atoms with Crippen LogP contribution >= 0.6 is 0 Å². The predicted molar refractivity (Wildman–Crippen MR) is 182 cm³/mol. The van der Waals surface area contributed by atoms with Gasteiger partial charge in [0, 0.05) is 0 Å². The summed E-state index contributed by atoms with van der Waals surface area (Å²) in [5.41, 5.74) is 1.70. The van der Waals surface area contributed by atoms with Crippen molar-refractivity contribution < 1.29 is 0 Å². The molecule has 0 fully saturated rings. The number of aromatic nitrogens is 2. The SMILES string of the molecule is CC(C)(C)c1ccc(C(C)(C)C)c(-n2c(=O)c3cc4c(=O)n(-c5cc(C(C)(C)C)ccc5C(C)(C)C)c(=O)c4cc3c2=O)c1. The summed E-state index contributed by atoms with van der Waals surface area (Å²) in [6.45, 7) is 24.8. The van der Waals surface area contributed by atoms with Crippen LogP contribution in [0.3, 0.4) is 0 Å². The molecule has 0 unspecified atom stereocenters. The molecule has 0 bridgehead atoms. The third kappa shape index (κ3) is 4.98. The zero-order valence-corrected chi connectivity index (χ0v) is 28.1. The van der Waals surface area contributed by atoms with E-state index in [2.05, 4.69) is 41.5 Å². The van der Waals surface area contributed by atoms with E-state index >= 15 is 0 Å². The normalized spacial score (nSPS) is 13.4. The smallest absolute Gasteiger partial charge is 0.266 e. The third-order valence-electron chi connectivity index (χ3n) is 8.72. The lowest BCUT2D eigenvalue weighted by molar-refractivity contribution is 0.572. The minimum absolute atomic E-state index is 0.136. The lowest BCUT2D eigenvalue weighted by Crippen LogP contribution is -2.28. The van der Waals surface area contributed by atoms with Gasteiger partial charge < -0.3 is 0 Å². The zero-order valence-electron chi connectivity index (χ0n) is 28.1. The maximum Gasteiger partial charge on any atom is 0.266 e. The Hall–Kier alpha value is -4.06. The van der Waals surface area contributed by atoms with Crippen LogP contribution in [0.15, 0.2) is 67.7 Å². The highest BCUT2D eigenvalue weighted by molar-refractivity contribution is 5.98. The van der Waals surface area contributed by atoms with Crippen molar-refractivity contribution in [3.63, 3.8) is 0 Å². The number of rotatable bonds is 2. The Bertz CT molecular complexity index is 1940. The maximum atomic E-state index is 14.0. The molecule has 5 aromatic rings. The summed E-state index contributed by atoms with van der Waals surface area (Å²) in [6, 6.07) is 14.8. The maximum absolute atomic E-state index is 14.0. The fraction of sp³-hybridized carbons (Fsp3) is 0.421. The Morgan fingerprint density at radius 1 is 0.386 bits per heavy atom. The van der Waals surface area contributed by atoms with E-state index in [-0.39, 0.29) is 43.2 Å². The summed E-state index contributed by atoms with van der Waals surface area (Å²) in [4.78, 5) is 56.1. The average Bonchev–Trinajstić information content (AvgIpc) is 3.28. The van der Waals surface area contributed by atoms with Crippen molar-refractivity contribution in [1.29, 1.82) is 0 Å². The van der Waals surface area contributed by atoms with Crippen LogP contribution in [0.1, 0.15) is 105 Å². The predicted octanol–water partition coefficient (Wildman–Crippen LogP) is 7.08. The van der Waals surface area contributed by atoms with E-state index in [0.29, 0.717) is 11.4 Å².